The molecule has 0 aliphatic rings. The molecule has 0 saturated carbocycles. The Hall–Kier alpha value is -2.14. The quantitative estimate of drug-likeness (QED) is 0.944. The summed E-state index contributed by atoms with van der Waals surface area (Å²) in [6.07, 6.45) is 1.17. The minimum absolute atomic E-state index is 0.157. The lowest BCUT2D eigenvalue weighted by molar-refractivity contribution is 0.0940. The average Bonchev–Trinajstić information content (AvgIpc) is 2.47. The minimum Gasteiger partial charge on any atom is -0.346 e. The fourth-order valence-electron chi connectivity index (χ4n) is 1.96. The molecule has 2 rings (SSSR count). The molecule has 1 N–H and O–H groups in total. The highest BCUT2D eigenvalue weighted by Gasteiger charge is 2.12. The highest BCUT2D eigenvalue weighted by atomic mass is 32.2. The fourth-order valence-corrected chi connectivity index (χ4v) is 2.59. The molecule has 5 heteroatoms. The van der Waals surface area contributed by atoms with E-state index in [-0.39, 0.29) is 16.8 Å². The molecule has 0 spiro atoms. The minimum atomic E-state index is -3.20. The van der Waals surface area contributed by atoms with Gasteiger partial charge in [0.2, 0.25) is 0 Å². The van der Waals surface area contributed by atoms with Crippen LogP contribution in [0.5, 0.6) is 0 Å². The highest BCUT2D eigenvalue weighted by Crippen LogP contribution is 2.16. The Balaban J connectivity index is 2.10. The summed E-state index contributed by atoms with van der Waals surface area (Å²) in [7, 11) is -3.20. The predicted molar refractivity (Wildman–Crippen MR) is 81.9 cm³/mol. The van der Waals surface area contributed by atoms with Crippen LogP contribution in [0.15, 0.2) is 59.5 Å². The van der Waals surface area contributed by atoms with Crippen LogP contribution in [0.3, 0.4) is 0 Å². The normalized spacial score (nSPS) is 12.7. The van der Waals surface area contributed by atoms with Crippen molar-refractivity contribution in [2.45, 2.75) is 17.9 Å². The number of hydrogen-bond donors (Lipinski definition) is 1. The van der Waals surface area contributed by atoms with Crippen molar-refractivity contribution in [2.24, 2.45) is 0 Å². The second-order valence-electron chi connectivity index (χ2n) is 4.90. The molecule has 0 aliphatic carbocycles. The van der Waals surface area contributed by atoms with Crippen molar-refractivity contribution in [3.8, 4) is 0 Å². The standard InChI is InChI=1S/C16H17NO3S/c1-12(17-16(18)14-6-4-3-5-7-14)13-8-10-15(11-9-13)21(2,19)20/h3-12H,1-2H3,(H,17,18)/t12-/m1/s1. The molecule has 2 aromatic rings. The SMILES string of the molecule is C[C@@H](NC(=O)c1ccccc1)c1ccc(S(C)(=O)=O)cc1. The van der Waals surface area contributed by atoms with Gasteiger partial charge in [-0.05, 0) is 36.8 Å². The Bertz CT molecular complexity index is 722. The van der Waals surface area contributed by atoms with E-state index in [0.29, 0.717) is 5.56 Å². The zero-order chi connectivity index (χ0) is 15.5. The van der Waals surface area contributed by atoms with Crippen molar-refractivity contribution in [2.75, 3.05) is 6.26 Å². The van der Waals surface area contributed by atoms with Gasteiger partial charge in [0, 0.05) is 11.8 Å². The number of benzene rings is 2. The third-order valence-electron chi connectivity index (χ3n) is 3.19. The van der Waals surface area contributed by atoms with Gasteiger partial charge in [0.25, 0.3) is 5.91 Å². The maximum atomic E-state index is 12.0. The monoisotopic (exact) mass is 303 g/mol. The number of rotatable bonds is 4. The molecule has 2 aromatic carbocycles. The Labute approximate surface area is 124 Å². The number of hydrogen-bond acceptors (Lipinski definition) is 3. The van der Waals surface area contributed by atoms with Gasteiger partial charge in [-0.3, -0.25) is 4.79 Å². The van der Waals surface area contributed by atoms with E-state index in [1.165, 1.54) is 6.26 Å². The van der Waals surface area contributed by atoms with E-state index in [2.05, 4.69) is 5.32 Å². The number of nitrogens with one attached hydrogen (secondary N) is 1. The Kier molecular flexibility index (Phi) is 4.43. The van der Waals surface area contributed by atoms with Gasteiger partial charge in [-0.2, -0.15) is 0 Å². The van der Waals surface area contributed by atoms with E-state index in [1.54, 1.807) is 48.5 Å². The first-order valence-corrected chi connectivity index (χ1v) is 8.43. The second kappa shape index (κ2) is 6.10. The molecule has 0 radical (unpaired) electrons. The van der Waals surface area contributed by atoms with Crippen LogP contribution in [0.1, 0.15) is 28.9 Å². The number of amides is 1. The maximum absolute atomic E-state index is 12.0. The van der Waals surface area contributed by atoms with Gasteiger partial charge in [0.1, 0.15) is 0 Å². The molecule has 0 unspecified atom stereocenters. The Morgan fingerprint density at radius 3 is 2.10 bits per heavy atom. The van der Waals surface area contributed by atoms with Crippen molar-refractivity contribution in [3.63, 3.8) is 0 Å². The van der Waals surface area contributed by atoms with Crippen LogP contribution in [0.4, 0.5) is 0 Å². The van der Waals surface area contributed by atoms with Crippen molar-refractivity contribution in [1.82, 2.24) is 5.32 Å². The third kappa shape index (κ3) is 3.92. The first-order chi connectivity index (χ1) is 9.88. The number of sulfone groups is 1. The van der Waals surface area contributed by atoms with E-state index < -0.39 is 9.84 Å². The van der Waals surface area contributed by atoms with Gasteiger partial charge < -0.3 is 5.32 Å². The molecule has 0 heterocycles. The summed E-state index contributed by atoms with van der Waals surface area (Å²) in [6.45, 7) is 1.86. The second-order valence-corrected chi connectivity index (χ2v) is 6.92. The van der Waals surface area contributed by atoms with Crippen molar-refractivity contribution in [3.05, 3.63) is 65.7 Å². The molecule has 0 aliphatic heterocycles. The van der Waals surface area contributed by atoms with Crippen molar-refractivity contribution in [1.29, 1.82) is 0 Å². The summed E-state index contributed by atoms with van der Waals surface area (Å²) in [5.74, 6) is -0.157. The fraction of sp³-hybridized carbons (Fsp3) is 0.188. The molecule has 4 nitrogen and oxygen atoms in total. The van der Waals surface area contributed by atoms with Crippen LogP contribution in [0.2, 0.25) is 0 Å². The summed E-state index contributed by atoms with van der Waals surface area (Å²) in [5.41, 5.74) is 1.45. The first-order valence-electron chi connectivity index (χ1n) is 6.54. The van der Waals surface area contributed by atoms with Crippen molar-refractivity contribution >= 4 is 15.7 Å². The molecular weight excluding hydrogens is 286 g/mol. The Morgan fingerprint density at radius 1 is 1.00 bits per heavy atom. The van der Waals surface area contributed by atoms with E-state index >= 15 is 0 Å². The summed E-state index contributed by atoms with van der Waals surface area (Å²) >= 11 is 0. The van der Waals surface area contributed by atoms with E-state index in [1.807, 2.05) is 13.0 Å². The third-order valence-corrected chi connectivity index (χ3v) is 4.32. The zero-order valence-electron chi connectivity index (χ0n) is 11.9. The number of carbonyl (C=O) groups is 1. The van der Waals surface area contributed by atoms with Crippen LogP contribution < -0.4 is 5.32 Å². The average molecular weight is 303 g/mol. The molecule has 0 saturated heterocycles. The highest BCUT2D eigenvalue weighted by molar-refractivity contribution is 7.90. The van der Waals surface area contributed by atoms with Gasteiger partial charge >= 0.3 is 0 Å². The van der Waals surface area contributed by atoms with Gasteiger partial charge in [0.15, 0.2) is 9.84 Å². The lowest BCUT2D eigenvalue weighted by Gasteiger charge is -2.14. The van der Waals surface area contributed by atoms with Crippen LogP contribution in [0.25, 0.3) is 0 Å². The largest absolute Gasteiger partial charge is 0.346 e. The van der Waals surface area contributed by atoms with Gasteiger partial charge in [-0.15, -0.1) is 0 Å². The molecular formula is C16H17NO3S. The van der Waals surface area contributed by atoms with E-state index in [9.17, 15) is 13.2 Å². The Morgan fingerprint density at radius 2 is 1.57 bits per heavy atom. The number of carbonyl (C=O) groups excluding carboxylic acids is 1. The maximum Gasteiger partial charge on any atom is 0.251 e. The summed E-state index contributed by atoms with van der Waals surface area (Å²) in [4.78, 5) is 12.3. The van der Waals surface area contributed by atoms with Gasteiger partial charge in [0.05, 0.1) is 10.9 Å². The predicted octanol–water partition coefficient (Wildman–Crippen LogP) is 2.58. The van der Waals surface area contributed by atoms with Crippen LogP contribution in [0, 0.1) is 0 Å². The molecule has 0 fully saturated rings. The lowest BCUT2D eigenvalue weighted by atomic mass is 10.1. The topological polar surface area (TPSA) is 63.2 Å². The summed E-state index contributed by atoms with van der Waals surface area (Å²) < 4.78 is 22.8. The smallest absolute Gasteiger partial charge is 0.251 e. The van der Waals surface area contributed by atoms with Crippen LogP contribution >= 0.6 is 0 Å². The summed E-state index contributed by atoms with van der Waals surface area (Å²) in [5, 5.41) is 2.88. The summed E-state index contributed by atoms with van der Waals surface area (Å²) in [6, 6.07) is 15.3. The molecule has 1 amide bonds. The molecule has 110 valence electrons. The van der Waals surface area contributed by atoms with Gasteiger partial charge in [-0.25, -0.2) is 8.42 Å². The zero-order valence-corrected chi connectivity index (χ0v) is 12.7. The van der Waals surface area contributed by atoms with Crippen molar-refractivity contribution < 1.29 is 13.2 Å². The molecule has 0 aromatic heterocycles. The van der Waals surface area contributed by atoms with Crippen LogP contribution in [-0.2, 0) is 9.84 Å². The van der Waals surface area contributed by atoms with Gasteiger partial charge in [-0.1, -0.05) is 30.3 Å². The first kappa shape index (κ1) is 15.3. The molecule has 21 heavy (non-hydrogen) atoms. The molecule has 0 bridgehead atoms. The van der Waals surface area contributed by atoms with E-state index in [4.69, 9.17) is 0 Å². The molecule has 1 atom stereocenters. The lowest BCUT2D eigenvalue weighted by Crippen LogP contribution is -2.26. The van der Waals surface area contributed by atoms with E-state index in [0.717, 1.165) is 5.56 Å². The van der Waals surface area contributed by atoms with Crippen LogP contribution in [-0.4, -0.2) is 20.6 Å².